The zero-order valence-electron chi connectivity index (χ0n) is 9.69. The number of hydrogen-bond donors (Lipinski definition) is 1. The van der Waals surface area contributed by atoms with Gasteiger partial charge >= 0.3 is 0 Å². The molecule has 0 unspecified atom stereocenters. The standard InChI is InChI=1S/C13H13NO2S/c1-8-3-6-12(17-8)13(15)9-4-5-11(16-2)10(14)7-9/h3-7H,14H2,1-2H3. The number of nitrogens with two attached hydrogens (primary N) is 1. The number of carbonyl (C=O) groups is 1. The van der Waals surface area contributed by atoms with Crippen LogP contribution >= 0.6 is 11.3 Å². The minimum absolute atomic E-state index is 0.00236. The van der Waals surface area contributed by atoms with Crippen molar-refractivity contribution in [3.8, 4) is 5.75 Å². The highest BCUT2D eigenvalue weighted by atomic mass is 32.1. The first-order valence-electron chi connectivity index (χ1n) is 5.16. The highest BCUT2D eigenvalue weighted by molar-refractivity contribution is 7.14. The van der Waals surface area contributed by atoms with E-state index in [4.69, 9.17) is 10.5 Å². The van der Waals surface area contributed by atoms with Gasteiger partial charge < -0.3 is 10.5 Å². The molecular weight excluding hydrogens is 234 g/mol. The van der Waals surface area contributed by atoms with Crippen LogP contribution in [0.4, 0.5) is 5.69 Å². The van der Waals surface area contributed by atoms with Gasteiger partial charge in [-0.15, -0.1) is 11.3 Å². The molecule has 3 nitrogen and oxygen atoms in total. The van der Waals surface area contributed by atoms with Crippen molar-refractivity contribution in [2.24, 2.45) is 0 Å². The summed E-state index contributed by atoms with van der Waals surface area (Å²) in [6.07, 6.45) is 0. The first-order valence-corrected chi connectivity index (χ1v) is 5.98. The second-order valence-electron chi connectivity index (χ2n) is 3.70. The number of ether oxygens (including phenoxy) is 1. The van der Waals surface area contributed by atoms with E-state index >= 15 is 0 Å². The van der Waals surface area contributed by atoms with Crippen molar-refractivity contribution in [2.45, 2.75) is 6.92 Å². The molecule has 2 aromatic rings. The molecule has 0 aliphatic heterocycles. The van der Waals surface area contributed by atoms with Crippen LogP contribution in [0.15, 0.2) is 30.3 Å². The third-order valence-electron chi connectivity index (χ3n) is 2.46. The lowest BCUT2D eigenvalue weighted by Crippen LogP contribution is -2.01. The van der Waals surface area contributed by atoms with Gasteiger partial charge in [-0.3, -0.25) is 4.79 Å². The molecule has 0 saturated heterocycles. The third-order valence-corrected chi connectivity index (χ3v) is 3.46. The number of aryl methyl sites for hydroxylation is 1. The zero-order chi connectivity index (χ0) is 12.4. The van der Waals surface area contributed by atoms with Crippen LogP contribution in [-0.2, 0) is 0 Å². The average Bonchev–Trinajstić information content (AvgIpc) is 2.75. The monoisotopic (exact) mass is 247 g/mol. The zero-order valence-corrected chi connectivity index (χ0v) is 10.5. The molecule has 2 rings (SSSR count). The quantitative estimate of drug-likeness (QED) is 0.670. The topological polar surface area (TPSA) is 52.3 Å². The summed E-state index contributed by atoms with van der Waals surface area (Å²) in [4.78, 5) is 14.0. The van der Waals surface area contributed by atoms with Gasteiger partial charge in [0.1, 0.15) is 5.75 Å². The van der Waals surface area contributed by atoms with Crippen molar-refractivity contribution < 1.29 is 9.53 Å². The first kappa shape index (κ1) is 11.7. The van der Waals surface area contributed by atoms with Crippen LogP contribution in [0.2, 0.25) is 0 Å². The van der Waals surface area contributed by atoms with Gasteiger partial charge in [-0.2, -0.15) is 0 Å². The fourth-order valence-electron chi connectivity index (χ4n) is 1.57. The molecule has 0 amide bonds. The number of anilines is 1. The number of thiophene rings is 1. The Labute approximate surface area is 104 Å². The van der Waals surface area contributed by atoms with E-state index in [1.807, 2.05) is 19.1 Å². The van der Waals surface area contributed by atoms with E-state index in [2.05, 4.69) is 0 Å². The van der Waals surface area contributed by atoms with E-state index in [1.165, 1.54) is 11.3 Å². The Kier molecular flexibility index (Phi) is 3.15. The number of methoxy groups -OCH3 is 1. The van der Waals surface area contributed by atoms with Crippen LogP contribution in [0.5, 0.6) is 5.75 Å². The molecule has 1 aromatic carbocycles. The van der Waals surface area contributed by atoms with Gasteiger partial charge in [-0.25, -0.2) is 0 Å². The fraction of sp³-hybridized carbons (Fsp3) is 0.154. The van der Waals surface area contributed by atoms with E-state index in [0.717, 1.165) is 9.75 Å². The Morgan fingerprint density at radius 2 is 2.06 bits per heavy atom. The summed E-state index contributed by atoms with van der Waals surface area (Å²) < 4.78 is 5.06. The molecule has 1 heterocycles. The molecule has 0 aliphatic rings. The molecule has 4 heteroatoms. The van der Waals surface area contributed by atoms with Crippen LogP contribution in [-0.4, -0.2) is 12.9 Å². The van der Waals surface area contributed by atoms with E-state index in [-0.39, 0.29) is 5.78 Å². The molecule has 0 spiro atoms. The molecular formula is C13H13NO2S. The van der Waals surface area contributed by atoms with Crippen molar-refractivity contribution in [2.75, 3.05) is 12.8 Å². The first-order chi connectivity index (χ1) is 8.11. The summed E-state index contributed by atoms with van der Waals surface area (Å²) in [5.74, 6) is 0.585. The summed E-state index contributed by atoms with van der Waals surface area (Å²) in [7, 11) is 1.55. The van der Waals surface area contributed by atoms with Crippen LogP contribution < -0.4 is 10.5 Å². The van der Waals surface area contributed by atoms with Crippen molar-refractivity contribution in [3.63, 3.8) is 0 Å². The van der Waals surface area contributed by atoms with Crippen LogP contribution in [0, 0.1) is 6.92 Å². The maximum atomic E-state index is 12.1. The highest BCUT2D eigenvalue weighted by Gasteiger charge is 2.12. The second-order valence-corrected chi connectivity index (χ2v) is 4.98. The number of benzene rings is 1. The minimum Gasteiger partial charge on any atom is -0.495 e. The minimum atomic E-state index is -0.00236. The van der Waals surface area contributed by atoms with Gasteiger partial charge in [0.2, 0.25) is 5.78 Å². The van der Waals surface area contributed by atoms with Crippen LogP contribution in [0.1, 0.15) is 20.1 Å². The summed E-state index contributed by atoms with van der Waals surface area (Å²) in [5, 5.41) is 0. The number of carbonyl (C=O) groups excluding carboxylic acids is 1. The smallest absolute Gasteiger partial charge is 0.203 e. The lowest BCUT2D eigenvalue weighted by atomic mass is 10.1. The molecule has 88 valence electrons. The maximum absolute atomic E-state index is 12.1. The van der Waals surface area contributed by atoms with Crippen molar-refractivity contribution >= 4 is 22.8 Å². The Bertz CT molecular complexity index is 560. The number of nitrogen functional groups attached to an aromatic ring is 1. The SMILES string of the molecule is COc1ccc(C(=O)c2ccc(C)s2)cc1N. The van der Waals surface area contributed by atoms with Crippen molar-refractivity contribution in [1.82, 2.24) is 0 Å². The van der Waals surface area contributed by atoms with Gasteiger partial charge in [0.15, 0.2) is 0 Å². The molecule has 0 atom stereocenters. The molecule has 2 N–H and O–H groups in total. The number of hydrogen-bond acceptors (Lipinski definition) is 4. The van der Waals surface area contributed by atoms with E-state index < -0.39 is 0 Å². The van der Waals surface area contributed by atoms with E-state index in [1.54, 1.807) is 25.3 Å². The van der Waals surface area contributed by atoms with Gasteiger partial charge in [0.25, 0.3) is 0 Å². The Morgan fingerprint density at radius 3 is 2.59 bits per heavy atom. The lowest BCUT2D eigenvalue weighted by Gasteiger charge is -2.05. The second kappa shape index (κ2) is 4.59. The predicted molar refractivity (Wildman–Crippen MR) is 69.9 cm³/mol. The van der Waals surface area contributed by atoms with E-state index in [0.29, 0.717) is 17.0 Å². The summed E-state index contributed by atoms with van der Waals surface area (Å²) in [6, 6.07) is 8.86. The summed E-state index contributed by atoms with van der Waals surface area (Å²) >= 11 is 1.48. The Morgan fingerprint density at radius 1 is 1.29 bits per heavy atom. The van der Waals surface area contributed by atoms with Crippen LogP contribution in [0.3, 0.4) is 0 Å². The van der Waals surface area contributed by atoms with Crippen LogP contribution in [0.25, 0.3) is 0 Å². The maximum Gasteiger partial charge on any atom is 0.203 e. The summed E-state index contributed by atoms with van der Waals surface area (Å²) in [5.41, 5.74) is 6.85. The number of ketones is 1. The summed E-state index contributed by atoms with van der Waals surface area (Å²) in [6.45, 7) is 1.98. The Hall–Kier alpha value is -1.81. The highest BCUT2D eigenvalue weighted by Crippen LogP contribution is 2.25. The molecule has 0 radical (unpaired) electrons. The molecule has 0 saturated carbocycles. The lowest BCUT2D eigenvalue weighted by molar-refractivity contribution is 0.104. The average molecular weight is 247 g/mol. The fourth-order valence-corrected chi connectivity index (χ4v) is 2.40. The van der Waals surface area contributed by atoms with Crippen molar-refractivity contribution in [1.29, 1.82) is 0 Å². The number of rotatable bonds is 3. The Balaban J connectivity index is 2.35. The van der Waals surface area contributed by atoms with Gasteiger partial charge in [0.05, 0.1) is 17.7 Å². The van der Waals surface area contributed by atoms with Gasteiger partial charge in [-0.1, -0.05) is 0 Å². The molecule has 1 aromatic heterocycles. The van der Waals surface area contributed by atoms with Crippen molar-refractivity contribution in [3.05, 3.63) is 45.6 Å². The normalized spacial score (nSPS) is 10.2. The predicted octanol–water partition coefficient (Wildman–Crippen LogP) is 2.88. The third kappa shape index (κ3) is 2.31. The molecule has 0 bridgehead atoms. The molecule has 0 fully saturated rings. The van der Waals surface area contributed by atoms with Gasteiger partial charge in [0, 0.05) is 10.4 Å². The molecule has 17 heavy (non-hydrogen) atoms. The van der Waals surface area contributed by atoms with E-state index in [9.17, 15) is 4.79 Å². The largest absolute Gasteiger partial charge is 0.495 e. The molecule has 0 aliphatic carbocycles. The van der Waals surface area contributed by atoms with Gasteiger partial charge in [-0.05, 0) is 37.3 Å².